The molecular weight excluding hydrogens is 267 g/mol. The number of hydrogen-bond acceptors (Lipinski definition) is 3. The highest BCUT2D eigenvalue weighted by molar-refractivity contribution is 5.83. The zero-order chi connectivity index (χ0) is 14.3. The summed E-state index contributed by atoms with van der Waals surface area (Å²) >= 11 is 0. The topological polar surface area (TPSA) is 27.6 Å². The Hall–Kier alpha value is -1.98. The molecule has 20 heavy (non-hydrogen) atoms. The van der Waals surface area contributed by atoms with Gasteiger partial charge in [0.25, 0.3) is 0 Å². The molecule has 1 N–H and O–H groups in total. The fourth-order valence-electron chi connectivity index (χ4n) is 2.58. The van der Waals surface area contributed by atoms with Crippen LogP contribution in [0.3, 0.4) is 0 Å². The molecular formula is C14H14F3N3. The number of nitrogens with zero attached hydrogens (tertiary/aromatic N) is 2. The number of alkyl halides is 3. The van der Waals surface area contributed by atoms with Crippen molar-refractivity contribution in [3.8, 4) is 0 Å². The maximum Gasteiger partial charge on any atom is 0.416 e. The van der Waals surface area contributed by atoms with Gasteiger partial charge in [-0.05, 0) is 31.1 Å². The minimum Gasteiger partial charge on any atom is -0.313 e. The summed E-state index contributed by atoms with van der Waals surface area (Å²) in [6.45, 7) is 2.53. The third kappa shape index (κ3) is 2.26. The van der Waals surface area contributed by atoms with E-state index in [1.54, 1.807) is 6.07 Å². The maximum absolute atomic E-state index is 12.8. The zero-order valence-corrected chi connectivity index (χ0v) is 10.9. The molecule has 2 aliphatic rings. The second-order valence-electron chi connectivity index (χ2n) is 5.03. The number of hydrogen-bond donors (Lipinski definition) is 1. The van der Waals surface area contributed by atoms with Crippen LogP contribution in [0, 0.1) is 0 Å². The summed E-state index contributed by atoms with van der Waals surface area (Å²) in [5.74, 6) is 1.81. The molecule has 0 spiro atoms. The average Bonchev–Trinajstić information content (AvgIpc) is 2.79. The van der Waals surface area contributed by atoms with Crippen molar-refractivity contribution in [2.45, 2.75) is 25.4 Å². The molecule has 0 bridgehead atoms. The second kappa shape index (κ2) is 4.54. The average molecular weight is 281 g/mol. The van der Waals surface area contributed by atoms with Crippen molar-refractivity contribution in [3.63, 3.8) is 0 Å². The van der Waals surface area contributed by atoms with E-state index in [9.17, 15) is 13.2 Å². The molecule has 106 valence electrons. The quantitative estimate of drug-likeness (QED) is 0.855. The van der Waals surface area contributed by atoms with E-state index in [1.807, 2.05) is 17.9 Å². The van der Waals surface area contributed by atoms with Crippen LogP contribution >= 0.6 is 0 Å². The first-order chi connectivity index (χ1) is 9.45. The van der Waals surface area contributed by atoms with Gasteiger partial charge in [0.2, 0.25) is 0 Å². The zero-order valence-electron chi connectivity index (χ0n) is 10.9. The molecule has 0 fully saturated rings. The number of halogens is 3. The van der Waals surface area contributed by atoms with Gasteiger partial charge in [-0.25, -0.2) is 0 Å². The van der Waals surface area contributed by atoms with Crippen molar-refractivity contribution in [2.75, 3.05) is 6.54 Å². The number of amidine groups is 1. The normalized spacial score (nSPS) is 22.0. The van der Waals surface area contributed by atoms with E-state index in [1.165, 1.54) is 12.1 Å². The van der Waals surface area contributed by atoms with E-state index in [2.05, 4.69) is 10.5 Å². The Morgan fingerprint density at radius 1 is 1.35 bits per heavy atom. The van der Waals surface area contributed by atoms with Crippen LogP contribution in [0.1, 0.15) is 30.4 Å². The molecule has 6 heteroatoms. The highest BCUT2D eigenvalue weighted by Gasteiger charge is 2.32. The van der Waals surface area contributed by atoms with Gasteiger partial charge >= 0.3 is 6.18 Å². The van der Waals surface area contributed by atoms with Crippen LogP contribution in [0.25, 0.3) is 0 Å². The molecule has 0 saturated carbocycles. The van der Waals surface area contributed by atoms with Crippen LogP contribution in [0.5, 0.6) is 0 Å². The first-order valence-corrected chi connectivity index (χ1v) is 6.40. The van der Waals surface area contributed by atoms with Gasteiger partial charge < -0.3 is 4.90 Å². The van der Waals surface area contributed by atoms with Crippen LogP contribution in [0.4, 0.5) is 13.2 Å². The van der Waals surface area contributed by atoms with Crippen molar-refractivity contribution in [1.82, 2.24) is 10.3 Å². The predicted molar refractivity (Wildman–Crippen MR) is 69.8 cm³/mol. The lowest BCUT2D eigenvalue weighted by molar-refractivity contribution is -0.137. The lowest BCUT2D eigenvalue weighted by Gasteiger charge is -2.30. The number of rotatable bonds is 1. The van der Waals surface area contributed by atoms with Crippen LogP contribution < -0.4 is 5.43 Å². The van der Waals surface area contributed by atoms with Crippen LogP contribution in [0.2, 0.25) is 0 Å². The third-order valence-electron chi connectivity index (χ3n) is 3.70. The molecule has 1 aromatic rings. The monoisotopic (exact) mass is 281 g/mol. The molecule has 3 rings (SSSR count). The molecule has 0 aliphatic carbocycles. The summed E-state index contributed by atoms with van der Waals surface area (Å²) in [6, 6.07) is 5.59. The van der Waals surface area contributed by atoms with Crippen molar-refractivity contribution < 1.29 is 13.2 Å². The standard InChI is InChI=1S/C14H14F3N3/c1-9-18-19-13-6-5-11(8-20(9)13)10-3-2-4-12(7-10)14(15,16)17/h2-4,6-7,11,19H,5,8H2,1H3. The van der Waals surface area contributed by atoms with Crippen molar-refractivity contribution in [2.24, 2.45) is 5.10 Å². The van der Waals surface area contributed by atoms with E-state index < -0.39 is 11.7 Å². The van der Waals surface area contributed by atoms with Gasteiger partial charge in [-0.1, -0.05) is 18.2 Å². The minimum atomic E-state index is -4.29. The molecule has 2 aliphatic heterocycles. The first-order valence-electron chi connectivity index (χ1n) is 6.40. The fraction of sp³-hybridized carbons (Fsp3) is 0.357. The van der Waals surface area contributed by atoms with Gasteiger partial charge in [0.1, 0.15) is 11.7 Å². The van der Waals surface area contributed by atoms with E-state index in [0.29, 0.717) is 13.0 Å². The van der Waals surface area contributed by atoms with Gasteiger partial charge in [0.05, 0.1) is 5.56 Å². The number of allylic oxidation sites excluding steroid dienone is 1. The largest absolute Gasteiger partial charge is 0.416 e. The summed E-state index contributed by atoms with van der Waals surface area (Å²) in [5.41, 5.74) is 3.04. The van der Waals surface area contributed by atoms with Crippen molar-refractivity contribution >= 4 is 5.84 Å². The van der Waals surface area contributed by atoms with Crippen LogP contribution in [0.15, 0.2) is 41.3 Å². The molecule has 1 aromatic carbocycles. The highest BCUT2D eigenvalue weighted by Crippen LogP contribution is 2.34. The SMILES string of the molecule is CC1=NNC2=CCC(c3cccc(C(F)(F)F)c3)CN21. The molecule has 0 amide bonds. The Morgan fingerprint density at radius 2 is 2.15 bits per heavy atom. The molecule has 0 aromatic heterocycles. The number of fused-ring (bicyclic) bond motifs is 1. The molecule has 1 atom stereocenters. The summed E-state index contributed by atoms with van der Waals surface area (Å²) in [4.78, 5) is 1.99. The van der Waals surface area contributed by atoms with Gasteiger partial charge in [-0.15, -0.1) is 0 Å². The van der Waals surface area contributed by atoms with E-state index in [0.717, 1.165) is 23.3 Å². The Kier molecular flexibility index (Phi) is 2.96. The molecule has 2 heterocycles. The number of nitrogens with one attached hydrogen (secondary N) is 1. The van der Waals surface area contributed by atoms with Crippen molar-refractivity contribution in [3.05, 3.63) is 47.3 Å². The fourth-order valence-corrected chi connectivity index (χ4v) is 2.58. The number of hydrazone groups is 1. The minimum absolute atomic E-state index is 0.0473. The van der Waals surface area contributed by atoms with Crippen LogP contribution in [-0.4, -0.2) is 17.3 Å². The predicted octanol–water partition coefficient (Wildman–Crippen LogP) is 3.27. The van der Waals surface area contributed by atoms with Gasteiger partial charge in [-0.2, -0.15) is 18.3 Å². The van der Waals surface area contributed by atoms with Gasteiger partial charge in [-0.3, -0.25) is 5.43 Å². The number of benzene rings is 1. The van der Waals surface area contributed by atoms with E-state index >= 15 is 0 Å². The Bertz CT molecular complexity index is 590. The molecule has 1 unspecified atom stereocenters. The summed E-state index contributed by atoms with van der Waals surface area (Å²) in [7, 11) is 0. The Labute approximate surface area is 114 Å². The maximum atomic E-state index is 12.8. The third-order valence-corrected chi connectivity index (χ3v) is 3.70. The molecule has 0 saturated heterocycles. The van der Waals surface area contributed by atoms with E-state index in [-0.39, 0.29) is 5.92 Å². The first kappa shape index (κ1) is 13.0. The lowest BCUT2D eigenvalue weighted by atomic mass is 9.91. The Balaban J connectivity index is 1.86. The molecule has 0 radical (unpaired) electrons. The van der Waals surface area contributed by atoms with Gasteiger partial charge in [0.15, 0.2) is 0 Å². The van der Waals surface area contributed by atoms with Crippen molar-refractivity contribution in [1.29, 1.82) is 0 Å². The van der Waals surface area contributed by atoms with Crippen LogP contribution in [-0.2, 0) is 6.18 Å². The Morgan fingerprint density at radius 3 is 2.90 bits per heavy atom. The summed E-state index contributed by atoms with van der Waals surface area (Å²) < 4.78 is 38.3. The second-order valence-corrected chi connectivity index (χ2v) is 5.03. The van der Waals surface area contributed by atoms with Gasteiger partial charge in [0, 0.05) is 12.5 Å². The summed E-state index contributed by atoms with van der Waals surface area (Å²) in [6.07, 6.45) is -1.60. The highest BCUT2D eigenvalue weighted by atomic mass is 19.4. The molecule has 3 nitrogen and oxygen atoms in total. The summed E-state index contributed by atoms with van der Waals surface area (Å²) in [5, 5.41) is 4.11. The lowest BCUT2D eigenvalue weighted by Crippen LogP contribution is -2.33. The smallest absolute Gasteiger partial charge is 0.313 e. The van der Waals surface area contributed by atoms with E-state index in [4.69, 9.17) is 0 Å².